The Morgan fingerprint density at radius 2 is 1.85 bits per heavy atom. The summed E-state index contributed by atoms with van der Waals surface area (Å²) in [6, 6.07) is 0. The van der Waals surface area contributed by atoms with Gasteiger partial charge in [0.05, 0.1) is 25.4 Å². The highest BCUT2D eigenvalue weighted by molar-refractivity contribution is 7.53. The normalized spacial score (nSPS) is 43.5. The molecule has 1 saturated heterocycles. The lowest BCUT2D eigenvalue weighted by Gasteiger charge is -2.62. The standard InChI is InChI=1S/C29H42FO9P/c1-7-36-40(34,37-8-2)17-35-16-23(33)29-24(38-25(3,4)39-29)14-21-20-10-9-18-13-19(31)11-12-26(18,5)28(20,30)22(32)15-27(21,29)6/h11-13,20-22,24,32H,7-10,14-17H2,1-6H3/t20-,21-,22-,24+,26-,27-,28-,29+/m0/s1. The number of carbonyl (C=O) groups is 2. The molecule has 0 bridgehead atoms. The van der Waals surface area contributed by atoms with E-state index in [-0.39, 0.29) is 31.3 Å². The third-order valence-electron chi connectivity index (χ3n) is 10.2. The lowest BCUT2D eigenvalue weighted by Crippen LogP contribution is -2.70. The van der Waals surface area contributed by atoms with Crippen LogP contribution in [0.2, 0.25) is 0 Å². The molecular weight excluding hydrogens is 542 g/mol. The second kappa shape index (κ2) is 9.90. The molecule has 8 atom stereocenters. The van der Waals surface area contributed by atoms with Gasteiger partial charge in [0.25, 0.3) is 0 Å². The van der Waals surface area contributed by atoms with E-state index < -0.39 is 72.3 Å². The van der Waals surface area contributed by atoms with E-state index in [0.717, 1.165) is 0 Å². The summed E-state index contributed by atoms with van der Waals surface area (Å²) >= 11 is 0. The van der Waals surface area contributed by atoms with Gasteiger partial charge in [0.2, 0.25) is 0 Å². The molecule has 4 fully saturated rings. The van der Waals surface area contributed by atoms with Gasteiger partial charge in [0.1, 0.15) is 13.0 Å². The third-order valence-corrected chi connectivity index (χ3v) is 12.0. The zero-order chi connectivity index (χ0) is 29.4. The first-order valence-corrected chi connectivity index (χ1v) is 16.0. The lowest BCUT2D eigenvalue weighted by atomic mass is 9.44. The fourth-order valence-electron chi connectivity index (χ4n) is 8.67. The quantitative estimate of drug-likeness (QED) is 0.386. The molecule has 0 amide bonds. The van der Waals surface area contributed by atoms with Crippen molar-refractivity contribution in [3.8, 4) is 0 Å². The van der Waals surface area contributed by atoms with Gasteiger partial charge < -0.3 is 28.4 Å². The highest BCUT2D eigenvalue weighted by Crippen LogP contribution is 2.72. The van der Waals surface area contributed by atoms with Gasteiger partial charge in [-0.15, -0.1) is 0 Å². The average Bonchev–Trinajstić information content (AvgIpc) is 3.27. The maximum atomic E-state index is 17.5. The number of rotatable bonds is 9. The minimum absolute atomic E-state index is 0.0343. The summed E-state index contributed by atoms with van der Waals surface area (Å²) in [5.41, 5.74) is -4.94. The molecule has 4 aliphatic carbocycles. The van der Waals surface area contributed by atoms with Gasteiger partial charge in [-0.1, -0.05) is 18.6 Å². The summed E-state index contributed by atoms with van der Waals surface area (Å²) in [6.07, 6.45) is 3.30. The Balaban J connectivity index is 1.48. The van der Waals surface area contributed by atoms with E-state index in [0.29, 0.717) is 24.8 Å². The Morgan fingerprint density at radius 3 is 2.50 bits per heavy atom. The molecule has 1 N–H and O–H groups in total. The van der Waals surface area contributed by atoms with Crippen LogP contribution in [0.1, 0.15) is 67.2 Å². The van der Waals surface area contributed by atoms with Gasteiger partial charge in [-0.2, -0.15) is 0 Å². The monoisotopic (exact) mass is 584 g/mol. The van der Waals surface area contributed by atoms with Crippen molar-refractivity contribution in [2.45, 2.75) is 96.5 Å². The van der Waals surface area contributed by atoms with Gasteiger partial charge in [-0.05, 0) is 78.4 Å². The Morgan fingerprint density at radius 1 is 1.18 bits per heavy atom. The number of Topliss-reactive ketones (excluding diaryl/α,β-unsaturated/α-hetero) is 1. The van der Waals surface area contributed by atoms with Crippen LogP contribution in [0.15, 0.2) is 23.8 Å². The molecule has 5 rings (SSSR count). The zero-order valence-corrected chi connectivity index (χ0v) is 25.1. The molecule has 9 nitrogen and oxygen atoms in total. The minimum Gasteiger partial charge on any atom is -0.390 e. The molecule has 1 heterocycles. The van der Waals surface area contributed by atoms with Gasteiger partial charge in [-0.25, -0.2) is 4.39 Å². The average molecular weight is 585 g/mol. The SMILES string of the molecule is CCOP(=O)(COCC(=O)[C@@]12OC(C)(C)O[C@@H]1C[C@H]1[C@@H]3CCC4=CC(=O)C=C[C@]4(C)[C@@]3(F)[C@@H](O)C[C@@]12C)OCC. The van der Waals surface area contributed by atoms with Crippen molar-refractivity contribution in [2.24, 2.45) is 22.7 Å². The maximum absolute atomic E-state index is 17.5. The fourth-order valence-corrected chi connectivity index (χ4v) is 10.00. The number of aliphatic hydroxyl groups excluding tert-OH is 1. The van der Waals surface area contributed by atoms with Crippen molar-refractivity contribution in [1.82, 2.24) is 0 Å². The number of aliphatic hydroxyl groups is 1. The summed E-state index contributed by atoms with van der Waals surface area (Å²) in [5.74, 6) is -2.60. The molecule has 0 aromatic carbocycles. The van der Waals surface area contributed by atoms with Crippen LogP contribution < -0.4 is 0 Å². The number of ketones is 2. The topological polar surface area (TPSA) is 118 Å². The van der Waals surface area contributed by atoms with Crippen LogP contribution in [0, 0.1) is 22.7 Å². The molecule has 3 saturated carbocycles. The van der Waals surface area contributed by atoms with Crippen LogP contribution in [-0.4, -0.2) is 72.1 Å². The Bertz CT molecular complexity index is 1170. The first kappa shape index (κ1) is 30.2. The summed E-state index contributed by atoms with van der Waals surface area (Å²) < 4.78 is 59.4. The van der Waals surface area contributed by atoms with Crippen molar-refractivity contribution in [3.05, 3.63) is 23.8 Å². The molecule has 0 radical (unpaired) electrons. The van der Waals surface area contributed by atoms with Crippen molar-refractivity contribution in [2.75, 3.05) is 26.2 Å². The molecule has 0 aromatic heterocycles. The van der Waals surface area contributed by atoms with Gasteiger partial charge in [-0.3, -0.25) is 14.2 Å². The smallest absolute Gasteiger partial charge is 0.356 e. The van der Waals surface area contributed by atoms with Crippen molar-refractivity contribution in [3.63, 3.8) is 0 Å². The number of allylic oxidation sites excluding steroid dienone is 4. The van der Waals surface area contributed by atoms with Crippen LogP contribution >= 0.6 is 7.60 Å². The summed E-state index contributed by atoms with van der Waals surface area (Å²) in [7, 11) is -3.55. The fraction of sp³-hybridized carbons (Fsp3) is 0.793. The Hall–Kier alpha value is -1.26. The summed E-state index contributed by atoms with van der Waals surface area (Å²) in [4.78, 5) is 26.2. The van der Waals surface area contributed by atoms with Crippen LogP contribution in [0.3, 0.4) is 0 Å². The zero-order valence-electron chi connectivity index (χ0n) is 24.2. The van der Waals surface area contributed by atoms with E-state index >= 15 is 4.39 Å². The van der Waals surface area contributed by atoms with Gasteiger partial charge >= 0.3 is 7.60 Å². The number of carbonyl (C=O) groups excluding carboxylic acids is 2. The predicted octanol–water partition coefficient (Wildman–Crippen LogP) is 4.67. The molecule has 11 heteroatoms. The predicted molar refractivity (Wildman–Crippen MR) is 143 cm³/mol. The number of alkyl halides is 1. The molecular formula is C29H42FO9P. The lowest BCUT2D eigenvalue weighted by molar-refractivity contribution is -0.246. The van der Waals surface area contributed by atoms with Crippen LogP contribution in [0.4, 0.5) is 4.39 Å². The molecule has 0 unspecified atom stereocenters. The van der Waals surface area contributed by atoms with E-state index in [1.165, 1.54) is 12.2 Å². The molecule has 5 aliphatic rings. The largest absolute Gasteiger partial charge is 0.390 e. The van der Waals surface area contributed by atoms with E-state index in [1.54, 1.807) is 40.7 Å². The second-order valence-corrected chi connectivity index (χ2v) is 14.7. The van der Waals surface area contributed by atoms with Crippen molar-refractivity contribution < 1.29 is 46.9 Å². The van der Waals surface area contributed by atoms with E-state index in [4.69, 9.17) is 23.3 Å². The highest BCUT2D eigenvalue weighted by Gasteiger charge is 2.80. The number of hydrogen-bond donors (Lipinski definition) is 1. The van der Waals surface area contributed by atoms with Crippen LogP contribution in [0.25, 0.3) is 0 Å². The van der Waals surface area contributed by atoms with Gasteiger partial charge in [0.15, 0.2) is 28.6 Å². The van der Waals surface area contributed by atoms with Crippen molar-refractivity contribution >= 4 is 19.2 Å². The number of ether oxygens (including phenoxy) is 3. The van der Waals surface area contributed by atoms with Gasteiger partial charge in [0, 0.05) is 16.7 Å². The summed E-state index contributed by atoms with van der Waals surface area (Å²) in [6.45, 7) is 10.4. The molecule has 40 heavy (non-hydrogen) atoms. The van der Waals surface area contributed by atoms with Crippen LogP contribution in [0.5, 0.6) is 0 Å². The molecule has 224 valence electrons. The first-order chi connectivity index (χ1) is 18.6. The van der Waals surface area contributed by atoms with Crippen LogP contribution in [-0.2, 0) is 37.4 Å². The third kappa shape index (κ3) is 4.12. The second-order valence-electron chi connectivity index (χ2n) is 12.7. The first-order valence-electron chi connectivity index (χ1n) is 14.3. The molecule has 0 spiro atoms. The van der Waals surface area contributed by atoms with Crippen molar-refractivity contribution in [1.29, 1.82) is 0 Å². The Kier molecular flexibility index (Phi) is 7.47. The number of halogens is 1. The number of hydrogen-bond acceptors (Lipinski definition) is 9. The highest BCUT2D eigenvalue weighted by atomic mass is 31.2. The summed E-state index contributed by atoms with van der Waals surface area (Å²) in [5, 5.41) is 11.7. The Labute approximate surface area is 235 Å². The van der Waals surface area contributed by atoms with E-state index in [2.05, 4.69) is 0 Å². The minimum atomic E-state index is -3.55. The van der Waals surface area contributed by atoms with E-state index in [9.17, 15) is 19.3 Å². The molecule has 0 aromatic rings. The molecule has 1 aliphatic heterocycles. The maximum Gasteiger partial charge on any atom is 0.356 e. The number of fused-ring (bicyclic) bond motifs is 7. The van der Waals surface area contributed by atoms with E-state index in [1.807, 2.05) is 6.92 Å².